The van der Waals surface area contributed by atoms with Crippen LogP contribution in [0.1, 0.15) is 22.7 Å². The van der Waals surface area contributed by atoms with Crippen LogP contribution in [0.15, 0.2) is 48.5 Å². The summed E-state index contributed by atoms with van der Waals surface area (Å²) in [5.41, 5.74) is 9.07. The second-order valence-corrected chi connectivity index (χ2v) is 3.95. The third-order valence-electron chi connectivity index (χ3n) is 2.67. The standard InChI is InChI=1S/C14H15NO/c1-10-5-4-6-11(9-10)14(15)12-7-2-3-8-13(12)16/h2-9,14,16H,15H2,1H3. The molecule has 3 N–H and O–H groups in total. The largest absolute Gasteiger partial charge is 0.508 e. The SMILES string of the molecule is Cc1cccc(C(N)c2ccccc2O)c1. The van der Waals surface area contributed by atoms with Gasteiger partial charge in [-0.15, -0.1) is 0 Å². The number of hydrogen-bond donors (Lipinski definition) is 2. The van der Waals surface area contributed by atoms with Gasteiger partial charge < -0.3 is 10.8 Å². The van der Waals surface area contributed by atoms with E-state index in [0.29, 0.717) is 0 Å². The van der Waals surface area contributed by atoms with E-state index in [1.54, 1.807) is 12.1 Å². The van der Waals surface area contributed by atoms with Gasteiger partial charge in [-0.2, -0.15) is 0 Å². The van der Waals surface area contributed by atoms with Crippen molar-refractivity contribution in [1.29, 1.82) is 0 Å². The molecule has 0 saturated heterocycles. The number of nitrogens with two attached hydrogens (primary N) is 1. The van der Waals surface area contributed by atoms with Crippen molar-refractivity contribution in [3.63, 3.8) is 0 Å². The van der Waals surface area contributed by atoms with E-state index in [2.05, 4.69) is 0 Å². The molecule has 0 radical (unpaired) electrons. The zero-order valence-corrected chi connectivity index (χ0v) is 9.22. The van der Waals surface area contributed by atoms with E-state index < -0.39 is 0 Å². The fourth-order valence-electron chi connectivity index (χ4n) is 1.79. The Kier molecular flexibility index (Phi) is 2.93. The Morgan fingerprint density at radius 2 is 1.81 bits per heavy atom. The molecule has 1 unspecified atom stereocenters. The third kappa shape index (κ3) is 2.07. The first-order valence-electron chi connectivity index (χ1n) is 5.28. The van der Waals surface area contributed by atoms with Crippen LogP contribution in [0.5, 0.6) is 5.75 Å². The molecule has 0 aromatic heterocycles. The molecule has 0 heterocycles. The van der Waals surface area contributed by atoms with Gasteiger partial charge in [0, 0.05) is 5.56 Å². The number of rotatable bonds is 2. The summed E-state index contributed by atoms with van der Waals surface area (Å²) >= 11 is 0. The topological polar surface area (TPSA) is 46.2 Å². The summed E-state index contributed by atoms with van der Waals surface area (Å²) in [5, 5.41) is 9.73. The molecule has 2 aromatic rings. The van der Waals surface area contributed by atoms with Gasteiger partial charge >= 0.3 is 0 Å². The Hall–Kier alpha value is -1.80. The quantitative estimate of drug-likeness (QED) is 0.805. The number of aryl methyl sites for hydroxylation is 1. The lowest BCUT2D eigenvalue weighted by molar-refractivity contribution is 0.465. The van der Waals surface area contributed by atoms with E-state index in [-0.39, 0.29) is 11.8 Å². The van der Waals surface area contributed by atoms with Crippen molar-refractivity contribution in [2.24, 2.45) is 5.73 Å². The van der Waals surface area contributed by atoms with Crippen LogP contribution in [-0.2, 0) is 0 Å². The second kappa shape index (κ2) is 4.37. The number of phenols is 1. The number of benzene rings is 2. The van der Waals surface area contributed by atoms with E-state index in [9.17, 15) is 5.11 Å². The monoisotopic (exact) mass is 213 g/mol. The number of para-hydroxylation sites is 1. The van der Waals surface area contributed by atoms with Crippen molar-refractivity contribution >= 4 is 0 Å². The van der Waals surface area contributed by atoms with Crippen LogP contribution >= 0.6 is 0 Å². The molecule has 0 fully saturated rings. The van der Waals surface area contributed by atoms with Crippen LogP contribution in [0.4, 0.5) is 0 Å². The molecule has 2 aromatic carbocycles. The predicted octanol–water partition coefficient (Wildman–Crippen LogP) is 2.75. The van der Waals surface area contributed by atoms with Gasteiger partial charge in [0.25, 0.3) is 0 Å². The maximum Gasteiger partial charge on any atom is 0.120 e. The molecule has 2 heteroatoms. The van der Waals surface area contributed by atoms with Gasteiger partial charge in [0.15, 0.2) is 0 Å². The van der Waals surface area contributed by atoms with Gasteiger partial charge in [0.2, 0.25) is 0 Å². The lowest BCUT2D eigenvalue weighted by atomic mass is 9.97. The van der Waals surface area contributed by atoms with E-state index in [1.165, 1.54) is 5.56 Å². The minimum Gasteiger partial charge on any atom is -0.508 e. The third-order valence-corrected chi connectivity index (χ3v) is 2.67. The first-order chi connectivity index (χ1) is 7.68. The van der Waals surface area contributed by atoms with Crippen LogP contribution in [0, 0.1) is 6.92 Å². The zero-order chi connectivity index (χ0) is 11.5. The molecule has 2 nitrogen and oxygen atoms in total. The maximum absolute atomic E-state index is 9.73. The molecular weight excluding hydrogens is 198 g/mol. The summed E-state index contributed by atoms with van der Waals surface area (Å²) in [5.74, 6) is 0.247. The Bertz CT molecular complexity index is 494. The smallest absolute Gasteiger partial charge is 0.120 e. The number of phenolic OH excluding ortho intramolecular Hbond substituents is 1. The first kappa shape index (κ1) is 10.7. The highest BCUT2D eigenvalue weighted by Crippen LogP contribution is 2.27. The summed E-state index contributed by atoms with van der Waals surface area (Å²) in [6, 6.07) is 14.9. The molecule has 0 aliphatic carbocycles. The van der Waals surface area contributed by atoms with E-state index in [0.717, 1.165) is 11.1 Å². The Balaban J connectivity index is 2.39. The molecule has 16 heavy (non-hydrogen) atoms. The van der Waals surface area contributed by atoms with Crippen molar-refractivity contribution < 1.29 is 5.11 Å². The predicted molar refractivity (Wildman–Crippen MR) is 65.3 cm³/mol. The molecule has 2 rings (SSSR count). The molecule has 0 spiro atoms. The molecular formula is C14H15NO. The van der Waals surface area contributed by atoms with Crippen molar-refractivity contribution in [3.05, 3.63) is 65.2 Å². The molecule has 0 aliphatic heterocycles. The minimum atomic E-state index is -0.277. The van der Waals surface area contributed by atoms with Gasteiger partial charge in [-0.25, -0.2) is 0 Å². The summed E-state index contributed by atoms with van der Waals surface area (Å²) in [6.07, 6.45) is 0. The fourth-order valence-corrected chi connectivity index (χ4v) is 1.79. The van der Waals surface area contributed by atoms with E-state index in [4.69, 9.17) is 5.73 Å². The Morgan fingerprint density at radius 1 is 1.06 bits per heavy atom. The van der Waals surface area contributed by atoms with Crippen molar-refractivity contribution in [2.75, 3.05) is 0 Å². The lowest BCUT2D eigenvalue weighted by Crippen LogP contribution is -2.11. The molecule has 1 atom stereocenters. The minimum absolute atomic E-state index is 0.247. The summed E-state index contributed by atoms with van der Waals surface area (Å²) < 4.78 is 0. The summed E-state index contributed by atoms with van der Waals surface area (Å²) in [4.78, 5) is 0. The van der Waals surface area contributed by atoms with Crippen LogP contribution < -0.4 is 5.73 Å². The average Bonchev–Trinajstić information content (AvgIpc) is 2.29. The summed E-state index contributed by atoms with van der Waals surface area (Å²) in [7, 11) is 0. The van der Waals surface area contributed by atoms with Crippen molar-refractivity contribution in [1.82, 2.24) is 0 Å². The zero-order valence-electron chi connectivity index (χ0n) is 9.22. The highest BCUT2D eigenvalue weighted by molar-refractivity contribution is 5.41. The van der Waals surface area contributed by atoms with E-state index in [1.807, 2.05) is 43.3 Å². The number of hydrogen-bond acceptors (Lipinski definition) is 2. The molecule has 0 saturated carbocycles. The van der Waals surface area contributed by atoms with Crippen LogP contribution in [0.25, 0.3) is 0 Å². The van der Waals surface area contributed by atoms with Gasteiger partial charge in [0.1, 0.15) is 5.75 Å². The Morgan fingerprint density at radius 3 is 2.50 bits per heavy atom. The van der Waals surface area contributed by atoms with Gasteiger partial charge in [-0.05, 0) is 18.6 Å². The van der Waals surface area contributed by atoms with Crippen molar-refractivity contribution in [3.8, 4) is 5.75 Å². The maximum atomic E-state index is 9.73. The summed E-state index contributed by atoms with van der Waals surface area (Å²) in [6.45, 7) is 2.03. The van der Waals surface area contributed by atoms with Gasteiger partial charge in [-0.1, -0.05) is 48.0 Å². The Labute approximate surface area is 95.4 Å². The van der Waals surface area contributed by atoms with Gasteiger partial charge in [0.05, 0.1) is 6.04 Å². The van der Waals surface area contributed by atoms with Crippen LogP contribution in [0.3, 0.4) is 0 Å². The highest BCUT2D eigenvalue weighted by atomic mass is 16.3. The number of aromatic hydroxyl groups is 1. The van der Waals surface area contributed by atoms with Crippen LogP contribution in [0.2, 0.25) is 0 Å². The van der Waals surface area contributed by atoms with Gasteiger partial charge in [-0.3, -0.25) is 0 Å². The lowest BCUT2D eigenvalue weighted by Gasteiger charge is -2.14. The molecule has 0 amide bonds. The fraction of sp³-hybridized carbons (Fsp3) is 0.143. The van der Waals surface area contributed by atoms with Crippen molar-refractivity contribution in [2.45, 2.75) is 13.0 Å². The highest BCUT2D eigenvalue weighted by Gasteiger charge is 2.12. The molecule has 0 aliphatic rings. The molecule has 82 valence electrons. The first-order valence-corrected chi connectivity index (χ1v) is 5.28. The second-order valence-electron chi connectivity index (χ2n) is 3.95. The average molecular weight is 213 g/mol. The molecule has 0 bridgehead atoms. The van der Waals surface area contributed by atoms with E-state index >= 15 is 0 Å². The normalized spacial score (nSPS) is 12.4. The van der Waals surface area contributed by atoms with Crippen LogP contribution in [-0.4, -0.2) is 5.11 Å².